The van der Waals surface area contributed by atoms with Gasteiger partial charge in [-0.1, -0.05) is 6.92 Å². The predicted molar refractivity (Wildman–Crippen MR) is 91.4 cm³/mol. The lowest BCUT2D eigenvalue weighted by Crippen LogP contribution is -2.47. The van der Waals surface area contributed by atoms with Crippen molar-refractivity contribution in [2.75, 3.05) is 45.8 Å². The van der Waals surface area contributed by atoms with Crippen LogP contribution in [0.2, 0.25) is 0 Å². The Balaban J connectivity index is 0.00000200. The van der Waals surface area contributed by atoms with Crippen molar-refractivity contribution in [3.63, 3.8) is 0 Å². The Kier molecular flexibility index (Phi) is 10.6. The Bertz CT molecular complexity index is 295. The van der Waals surface area contributed by atoms with Crippen LogP contribution in [0.4, 0.5) is 0 Å². The van der Waals surface area contributed by atoms with Crippen molar-refractivity contribution >= 4 is 30.7 Å². The first-order valence-corrected chi connectivity index (χ1v) is 7.66. The monoisotopic (exact) mass is 340 g/mol. The van der Waals surface area contributed by atoms with Crippen LogP contribution in [0.25, 0.3) is 0 Å². The van der Waals surface area contributed by atoms with Crippen molar-refractivity contribution in [1.29, 1.82) is 0 Å². The maximum Gasteiger partial charge on any atom is 0.221 e. The van der Waals surface area contributed by atoms with Gasteiger partial charge in [0.1, 0.15) is 0 Å². The predicted octanol–water partition coefficient (Wildman–Crippen LogP) is 0.711. The maximum atomic E-state index is 11.7. The fourth-order valence-corrected chi connectivity index (χ4v) is 2.60. The van der Waals surface area contributed by atoms with Crippen LogP contribution < -0.4 is 11.1 Å². The Morgan fingerprint density at radius 2 is 1.76 bits per heavy atom. The van der Waals surface area contributed by atoms with Crippen molar-refractivity contribution in [3.05, 3.63) is 0 Å². The molecule has 0 spiro atoms. The van der Waals surface area contributed by atoms with Gasteiger partial charge in [0, 0.05) is 51.7 Å². The quantitative estimate of drug-likeness (QED) is 0.716. The molecule has 0 aromatic carbocycles. The van der Waals surface area contributed by atoms with Crippen LogP contribution in [0.1, 0.15) is 26.2 Å². The number of carbonyl (C=O) groups is 1. The Hall–Kier alpha value is -0.0700. The molecule has 1 unspecified atom stereocenters. The van der Waals surface area contributed by atoms with E-state index in [-0.39, 0.29) is 36.8 Å². The molecule has 7 heteroatoms. The molecule has 1 heterocycles. The zero-order valence-corrected chi connectivity index (χ0v) is 14.6. The molecule has 2 fully saturated rings. The minimum Gasteiger partial charge on any atom is -0.354 e. The van der Waals surface area contributed by atoms with Gasteiger partial charge in [-0.05, 0) is 25.3 Å². The Morgan fingerprint density at radius 1 is 1.19 bits per heavy atom. The van der Waals surface area contributed by atoms with Crippen LogP contribution in [0.3, 0.4) is 0 Å². The van der Waals surface area contributed by atoms with Crippen molar-refractivity contribution in [1.82, 2.24) is 15.1 Å². The normalized spacial score (nSPS) is 21.0. The summed E-state index contributed by atoms with van der Waals surface area (Å²) in [6, 6.07) is 0.164. The number of nitrogens with zero attached hydrogens (tertiary/aromatic N) is 2. The van der Waals surface area contributed by atoms with E-state index in [1.54, 1.807) is 0 Å². The number of hydrogen-bond acceptors (Lipinski definition) is 4. The lowest BCUT2D eigenvalue weighted by Gasteiger charge is -2.33. The molecule has 0 aromatic rings. The molecular formula is C14H30Cl2N4O. The standard InChI is InChI=1S/C14H28N4O.2ClH/c1-2-17-7-9-18(10-8-17)6-5-14(19)16-11-13(15)12-3-4-12;;/h12-13H,2-11,15H2,1H3,(H,16,19);2*1H. The smallest absolute Gasteiger partial charge is 0.221 e. The van der Waals surface area contributed by atoms with Crippen LogP contribution in [0.15, 0.2) is 0 Å². The van der Waals surface area contributed by atoms with Gasteiger partial charge in [0.15, 0.2) is 0 Å². The third-order valence-electron chi connectivity index (χ3n) is 4.33. The first-order chi connectivity index (χ1) is 9.19. The fraction of sp³-hybridized carbons (Fsp3) is 0.929. The van der Waals surface area contributed by atoms with E-state index in [9.17, 15) is 4.79 Å². The zero-order chi connectivity index (χ0) is 13.7. The number of carbonyl (C=O) groups excluding carboxylic acids is 1. The summed E-state index contributed by atoms with van der Waals surface area (Å²) in [6.45, 7) is 9.29. The number of amides is 1. The third kappa shape index (κ3) is 7.66. The lowest BCUT2D eigenvalue weighted by molar-refractivity contribution is -0.121. The van der Waals surface area contributed by atoms with Crippen molar-refractivity contribution < 1.29 is 4.79 Å². The maximum absolute atomic E-state index is 11.7. The van der Waals surface area contributed by atoms with E-state index in [0.29, 0.717) is 18.9 Å². The van der Waals surface area contributed by atoms with E-state index in [1.165, 1.54) is 12.8 Å². The third-order valence-corrected chi connectivity index (χ3v) is 4.33. The summed E-state index contributed by atoms with van der Waals surface area (Å²) >= 11 is 0. The van der Waals surface area contributed by atoms with Crippen molar-refractivity contribution in [2.45, 2.75) is 32.2 Å². The molecule has 0 bridgehead atoms. The summed E-state index contributed by atoms with van der Waals surface area (Å²) in [5.41, 5.74) is 5.97. The highest BCUT2D eigenvalue weighted by molar-refractivity contribution is 5.85. The molecule has 1 aliphatic carbocycles. The highest BCUT2D eigenvalue weighted by atomic mass is 35.5. The zero-order valence-electron chi connectivity index (χ0n) is 12.9. The molecule has 126 valence electrons. The van der Waals surface area contributed by atoms with Crippen molar-refractivity contribution in [2.24, 2.45) is 11.7 Å². The van der Waals surface area contributed by atoms with Gasteiger partial charge < -0.3 is 20.9 Å². The summed E-state index contributed by atoms with van der Waals surface area (Å²) in [6.07, 6.45) is 3.07. The Morgan fingerprint density at radius 3 is 2.29 bits per heavy atom. The van der Waals surface area contributed by atoms with E-state index in [0.717, 1.165) is 39.3 Å². The van der Waals surface area contributed by atoms with E-state index in [2.05, 4.69) is 22.0 Å². The summed E-state index contributed by atoms with van der Waals surface area (Å²) in [4.78, 5) is 16.6. The van der Waals surface area contributed by atoms with Crippen molar-refractivity contribution in [3.8, 4) is 0 Å². The second-order valence-electron chi connectivity index (χ2n) is 5.83. The highest BCUT2D eigenvalue weighted by Crippen LogP contribution is 2.31. The number of nitrogens with two attached hydrogens (primary N) is 1. The molecule has 0 aromatic heterocycles. The largest absolute Gasteiger partial charge is 0.354 e. The fourth-order valence-electron chi connectivity index (χ4n) is 2.60. The number of hydrogen-bond donors (Lipinski definition) is 2. The van der Waals surface area contributed by atoms with E-state index in [1.807, 2.05) is 0 Å². The molecule has 2 rings (SSSR count). The molecular weight excluding hydrogens is 311 g/mol. The molecule has 5 nitrogen and oxygen atoms in total. The Labute approximate surface area is 140 Å². The number of halogens is 2. The minimum atomic E-state index is 0. The highest BCUT2D eigenvalue weighted by Gasteiger charge is 2.28. The molecule has 1 amide bonds. The van der Waals surface area contributed by atoms with Gasteiger partial charge in [0.2, 0.25) is 5.91 Å². The lowest BCUT2D eigenvalue weighted by atomic mass is 10.2. The molecule has 0 radical (unpaired) electrons. The van der Waals surface area contributed by atoms with E-state index >= 15 is 0 Å². The number of piperazine rings is 1. The van der Waals surface area contributed by atoms with Gasteiger partial charge in [-0.25, -0.2) is 0 Å². The molecule has 2 aliphatic rings. The summed E-state index contributed by atoms with van der Waals surface area (Å²) < 4.78 is 0. The number of rotatable bonds is 7. The minimum absolute atomic E-state index is 0. The van der Waals surface area contributed by atoms with Gasteiger partial charge in [-0.2, -0.15) is 0 Å². The second-order valence-corrected chi connectivity index (χ2v) is 5.83. The van der Waals surface area contributed by atoms with Crippen LogP contribution in [0.5, 0.6) is 0 Å². The SMILES string of the molecule is CCN1CCN(CCC(=O)NCC(N)C2CC2)CC1.Cl.Cl. The summed E-state index contributed by atoms with van der Waals surface area (Å²) in [5.74, 6) is 0.802. The second kappa shape index (κ2) is 10.6. The molecule has 1 saturated carbocycles. The average molecular weight is 341 g/mol. The molecule has 3 N–H and O–H groups in total. The van der Waals surface area contributed by atoms with Gasteiger partial charge in [0.05, 0.1) is 0 Å². The average Bonchev–Trinajstić information content (AvgIpc) is 3.27. The van der Waals surface area contributed by atoms with Crippen LogP contribution in [-0.2, 0) is 4.79 Å². The number of nitrogens with one attached hydrogen (secondary N) is 1. The first kappa shape index (κ1) is 20.9. The first-order valence-electron chi connectivity index (χ1n) is 7.66. The van der Waals surface area contributed by atoms with Crippen LogP contribution in [-0.4, -0.2) is 67.6 Å². The number of likely N-dealkylation sites (N-methyl/N-ethyl adjacent to an activating group) is 1. The molecule has 1 atom stereocenters. The van der Waals surface area contributed by atoms with Crippen LogP contribution >= 0.6 is 24.8 Å². The molecule has 21 heavy (non-hydrogen) atoms. The van der Waals surface area contributed by atoms with E-state index in [4.69, 9.17) is 5.73 Å². The van der Waals surface area contributed by atoms with E-state index < -0.39 is 0 Å². The molecule has 1 saturated heterocycles. The van der Waals surface area contributed by atoms with Gasteiger partial charge in [-0.3, -0.25) is 4.79 Å². The van der Waals surface area contributed by atoms with Crippen LogP contribution in [0, 0.1) is 5.92 Å². The van der Waals surface area contributed by atoms with Gasteiger partial charge >= 0.3 is 0 Å². The summed E-state index contributed by atoms with van der Waals surface area (Å²) in [7, 11) is 0. The van der Waals surface area contributed by atoms with Gasteiger partial charge in [-0.15, -0.1) is 24.8 Å². The molecule has 1 aliphatic heterocycles. The topological polar surface area (TPSA) is 61.6 Å². The summed E-state index contributed by atoms with van der Waals surface area (Å²) in [5, 5.41) is 2.96. The van der Waals surface area contributed by atoms with Gasteiger partial charge in [0.25, 0.3) is 0 Å².